The zero-order chi connectivity index (χ0) is 13.2. The van der Waals surface area contributed by atoms with Crippen LogP contribution in [0.4, 0.5) is 5.69 Å². The lowest BCUT2D eigenvalue weighted by molar-refractivity contribution is 0.303. The number of hydrogen-bond donors (Lipinski definition) is 1. The summed E-state index contributed by atoms with van der Waals surface area (Å²) in [5.41, 5.74) is 8.51. The second kappa shape index (κ2) is 4.65. The van der Waals surface area contributed by atoms with Crippen LogP contribution in [0, 0.1) is 0 Å². The Bertz CT molecular complexity index is 718. The number of benzene rings is 2. The molecule has 0 saturated carbocycles. The number of ether oxygens (including phenoxy) is 1. The summed E-state index contributed by atoms with van der Waals surface area (Å²) >= 11 is 0. The van der Waals surface area contributed by atoms with Gasteiger partial charge in [-0.3, -0.25) is 4.68 Å². The average molecular weight is 253 g/mol. The van der Waals surface area contributed by atoms with Crippen molar-refractivity contribution in [1.29, 1.82) is 0 Å². The number of anilines is 1. The van der Waals surface area contributed by atoms with Gasteiger partial charge in [-0.05, 0) is 18.2 Å². The number of nitrogens with two attached hydrogens (primary N) is 1. The molecule has 0 radical (unpaired) electrons. The van der Waals surface area contributed by atoms with Crippen LogP contribution in [0.25, 0.3) is 10.9 Å². The molecule has 0 atom stereocenters. The molecule has 4 heteroatoms. The number of aryl methyl sites for hydroxylation is 1. The van der Waals surface area contributed by atoms with Crippen LogP contribution in [-0.4, -0.2) is 9.78 Å². The Hall–Kier alpha value is -2.49. The predicted octanol–water partition coefficient (Wildman–Crippen LogP) is 2.73. The van der Waals surface area contributed by atoms with E-state index in [4.69, 9.17) is 10.5 Å². The largest absolute Gasteiger partial charge is 0.485 e. The highest BCUT2D eigenvalue weighted by Gasteiger charge is 2.08. The first-order chi connectivity index (χ1) is 9.25. The van der Waals surface area contributed by atoms with Crippen LogP contribution in [0.5, 0.6) is 5.75 Å². The highest BCUT2D eigenvalue weighted by Crippen LogP contribution is 2.23. The summed E-state index contributed by atoms with van der Waals surface area (Å²) in [5, 5.41) is 5.60. The molecule has 0 spiro atoms. The number of para-hydroxylation sites is 3. The molecular formula is C15H15N3O. The third-order valence-electron chi connectivity index (χ3n) is 3.12. The molecule has 0 aliphatic heterocycles. The molecule has 2 aromatic carbocycles. The lowest BCUT2D eigenvalue weighted by atomic mass is 10.2. The molecule has 0 unspecified atom stereocenters. The minimum Gasteiger partial charge on any atom is -0.485 e. The van der Waals surface area contributed by atoms with Gasteiger partial charge in [0.1, 0.15) is 18.1 Å². The van der Waals surface area contributed by atoms with Gasteiger partial charge >= 0.3 is 0 Å². The second-order valence-electron chi connectivity index (χ2n) is 4.41. The summed E-state index contributed by atoms with van der Waals surface area (Å²) in [4.78, 5) is 0. The molecule has 2 N–H and O–H groups in total. The Kier molecular flexibility index (Phi) is 2.83. The quantitative estimate of drug-likeness (QED) is 0.730. The summed E-state index contributed by atoms with van der Waals surface area (Å²) < 4.78 is 7.61. The van der Waals surface area contributed by atoms with Crippen LogP contribution >= 0.6 is 0 Å². The fourth-order valence-corrected chi connectivity index (χ4v) is 2.15. The smallest absolute Gasteiger partial charge is 0.142 e. The van der Waals surface area contributed by atoms with Crippen molar-refractivity contribution in [2.75, 3.05) is 5.73 Å². The van der Waals surface area contributed by atoms with E-state index in [-0.39, 0.29) is 0 Å². The molecule has 0 fully saturated rings. The summed E-state index contributed by atoms with van der Waals surface area (Å²) in [6, 6.07) is 15.6. The van der Waals surface area contributed by atoms with Crippen molar-refractivity contribution in [1.82, 2.24) is 9.78 Å². The van der Waals surface area contributed by atoms with Gasteiger partial charge in [-0.15, -0.1) is 0 Å². The first kappa shape index (κ1) is 11.6. The van der Waals surface area contributed by atoms with Crippen LogP contribution in [0.15, 0.2) is 48.5 Å². The monoisotopic (exact) mass is 253 g/mol. The van der Waals surface area contributed by atoms with E-state index in [2.05, 4.69) is 11.2 Å². The van der Waals surface area contributed by atoms with Gasteiger partial charge in [0.05, 0.1) is 11.2 Å². The van der Waals surface area contributed by atoms with Crippen molar-refractivity contribution >= 4 is 16.6 Å². The molecule has 0 amide bonds. The predicted molar refractivity (Wildman–Crippen MR) is 75.9 cm³/mol. The Morgan fingerprint density at radius 3 is 2.68 bits per heavy atom. The van der Waals surface area contributed by atoms with Gasteiger partial charge in [-0.25, -0.2) is 0 Å². The minimum absolute atomic E-state index is 0.412. The number of hydrogen-bond acceptors (Lipinski definition) is 3. The SMILES string of the molecule is Cn1nc(COc2ccccc2N)c2ccccc21. The molecule has 3 aromatic rings. The van der Waals surface area contributed by atoms with Gasteiger partial charge in [0.25, 0.3) is 0 Å². The van der Waals surface area contributed by atoms with Crippen LogP contribution in [0.2, 0.25) is 0 Å². The molecule has 0 saturated heterocycles. The number of nitrogen functional groups attached to an aromatic ring is 1. The fourth-order valence-electron chi connectivity index (χ4n) is 2.15. The Morgan fingerprint density at radius 1 is 1.11 bits per heavy atom. The zero-order valence-electron chi connectivity index (χ0n) is 10.7. The van der Waals surface area contributed by atoms with Crippen LogP contribution in [-0.2, 0) is 13.7 Å². The van der Waals surface area contributed by atoms with Crippen LogP contribution < -0.4 is 10.5 Å². The minimum atomic E-state index is 0.412. The van der Waals surface area contributed by atoms with E-state index in [0.29, 0.717) is 18.0 Å². The number of rotatable bonds is 3. The van der Waals surface area contributed by atoms with Gasteiger partial charge in [0.2, 0.25) is 0 Å². The highest BCUT2D eigenvalue weighted by atomic mass is 16.5. The van der Waals surface area contributed by atoms with Gasteiger partial charge < -0.3 is 10.5 Å². The maximum Gasteiger partial charge on any atom is 0.142 e. The summed E-state index contributed by atoms with van der Waals surface area (Å²) in [5.74, 6) is 0.692. The molecule has 1 heterocycles. The molecule has 4 nitrogen and oxygen atoms in total. The summed E-state index contributed by atoms with van der Waals surface area (Å²) in [6.07, 6.45) is 0. The van der Waals surface area contributed by atoms with E-state index in [1.54, 1.807) is 0 Å². The fraction of sp³-hybridized carbons (Fsp3) is 0.133. The van der Waals surface area contributed by atoms with Crippen molar-refractivity contribution in [2.24, 2.45) is 7.05 Å². The van der Waals surface area contributed by atoms with E-state index in [1.165, 1.54) is 0 Å². The topological polar surface area (TPSA) is 53.1 Å². The Morgan fingerprint density at radius 2 is 1.84 bits per heavy atom. The normalized spacial score (nSPS) is 10.8. The van der Waals surface area contributed by atoms with Crippen molar-refractivity contribution in [3.05, 3.63) is 54.2 Å². The molecule has 0 aliphatic carbocycles. The Balaban J connectivity index is 1.88. The molecule has 0 aliphatic rings. The first-order valence-electron chi connectivity index (χ1n) is 6.13. The van der Waals surface area contributed by atoms with Crippen molar-refractivity contribution in [3.63, 3.8) is 0 Å². The summed E-state index contributed by atoms with van der Waals surface area (Å²) in [7, 11) is 1.93. The van der Waals surface area contributed by atoms with E-state index in [1.807, 2.05) is 54.2 Å². The molecule has 0 bridgehead atoms. The molecular weight excluding hydrogens is 238 g/mol. The van der Waals surface area contributed by atoms with Gasteiger partial charge in [-0.1, -0.05) is 30.3 Å². The van der Waals surface area contributed by atoms with Crippen molar-refractivity contribution in [3.8, 4) is 5.75 Å². The standard InChI is InChI=1S/C15H15N3O/c1-18-14-8-4-2-6-11(14)13(17-18)10-19-15-9-5-3-7-12(15)16/h2-9H,10,16H2,1H3. The Labute approximate surface area is 111 Å². The molecule has 3 rings (SSSR count). The van der Waals surface area contributed by atoms with E-state index in [0.717, 1.165) is 16.6 Å². The maximum atomic E-state index is 5.85. The number of fused-ring (bicyclic) bond motifs is 1. The molecule has 96 valence electrons. The van der Waals surface area contributed by atoms with Crippen LogP contribution in [0.3, 0.4) is 0 Å². The second-order valence-corrected chi connectivity index (χ2v) is 4.41. The van der Waals surface area contributed by atoms with Crippen LogP contribution in [0.1, 0.15) is 5.69 Å². The van der Waals surface area contributed by atoms with Gasteiger partial charge in [0.15, 0.2) is 0 Å². The van der Waals surface area contributed by atoms with E-state index < -0.39 is 0 Å². The van der Waals surface area contributed by atoms with E-state index in [9.17, 15) is 0 Å². The third kappa shape index (κ3) is 2.12. The lowest BCUT2D eigenvalue weighted by Crippen LogP contribution is -2.00. The van der Waals surface area contributed by atoms with Gasteiger partial charge in [-0.2, -0.15) is 5.10 Å². The van der Waals surface area contributed by atoms with Gasteiger partial charge in [0, 0.05) is 12.4 Å². The van der Waals surface area contributed by atoms with E-state index >= 15 is 0 Å². The highest BCUT2D eigenvalue weighted by molar-refractivity contribution is 5.81. The first-order valence-corrected chi connectivity index (χ1v) is 6.13. The maximum absolute atomic E-state index is 5.85. The zero-order valence-corrected chi connectivity index (χ0v) is 10.7. The molecule has 1 aromatic heterocycles. The third-order valence-corrected chi connectivity index (χ3v) is 3.12. The molecule has 19 heavy (non-hydrogen) atoms. The van der Waals surface area contributed by atoms with Crippen molar-refractivity contribution in [2.45, 2.75) is 6.61 Å². The lowest BCUT2D eigenvalue weighted by Gasteiger charge is -2.06. The van der Waals surface area contributed by atoms with Crippen molar-refractivity contribution < 1.29 is 4.74 Å². The number of nitrogens with zero attached hydrogens (tertiary/aromatic N) is 2. The number of aromatic nitrogens is 2. The summed E-state index contributed by atoms with van der Waals surface area (Å²) in [6.45, 7) is 0.412. The average Bonchev–Trinajstić information content (AvgIpc) is 2.75.